The van der Waals surface area contributed by atoms with Crippen LogP contribution >= 0.6 is 22.9 Å². The summed E-state index contributed by atoms with van der Waals surface area (Å²) in [6.45, 7) is 6.15. The number of hydrogen-bond donors (Lipinski definition) is 1. The number of hydrogen-bond acceptors (Lipinski definition) is 2. The summed E-state index contributed by atoms with van der Waals surface area (Å²) < 4.78 is 0. The number of alkyl halides is 1. The van der Waals surface area contributed by atoms with Gasteiger partial charge >= 0.3 is 0 Å². The van der Waals surface area contributed by atoms with Gasteiger partial charge in [0.2, 0.25) is 0 Å². The zero-order valence-corrected chi connectivity index (χ0v) is 10.4. The van der Waals surface area contributed by atoms with Gasteiger partial charge in [-0.15, -0.1) is 22.9 Å². The molecular weight excluding hydrogens is 214 g/mol. The molecule has 0 bridgehead atoms. The van der Waals surface area contributed by atoms with E-state index in [1.807, 2.05) is 11.3 Å². The molecule has 1 heterocycles. The molecule has 0 aliphatic heterocycles. The molecule has 0 radical (unpaired) electrons. The first-order valence-electron chi connectivity index (χ1n) is 5.18. The van der Waals surface area contributed by atoms with Gasteiger partial charge in [0.05, 0.1) is 0 Å². The summed E-state index contributed by atoms with van der Waals surface area (Å²) in [4.78, 5) is 2.86. The molecule has 1 aromatic heterocycles. The van der Waals surface area contributed by atoms with Crippen LogP contribution in [-0.2, 0) is 13.0 Å². The molecule has 1 aromatic rings. The smallest absolute Gasteiger partial charge is 0.0458 e. The third kappa shape index (κ3) is 3.99. The van der Waals surface area contributed by atoms with E-state index in [4.69, 9.17) is 11.6 Å². The highest BCUT2D eigenvalue weighted by Crippen LogP contribution is 2.16. The zero-order valence-electron chi connectivity index (χ0n) is 8.85. The summed E-state index contributed by atoms with van der Waals surface area (Å²) in [5, 5.41) is 3.63. The largest absolute Gasteiger partial charge is 0.310 e. The van der Waals surface area contributed by atoms with E-state index in [9.17, 15) is 0 Å². The second kappa shape index (κ2) is 6.44. The van der Waals surface area contributed by atoms with E-state index in [-0.39, 0.29) is 5.38 Å². The fraction of sp³-hybridized carbons (Fsp3) is 0.636. The molecule has 1 unspecified atom stereocenters. The molecule has 0 spiro atoms. The molecule has 0 fully saturated rings. The Labute approximate surface area is 95.5 Å². The summed E-state index contributed by atoms with van der Waals surface area (Å²) in [6, 6.07) is 4.41. The number of nitrogens with one attached hydrogen (secondary N) is 1. The van der Waals surface area contributed by atoms with E-state index in [1.54, 1.807) is 0 Å². The van der Waals surface area contributed by atoms with Crippen molar-refractivity contribution in [3.05, 3.63) is 21.9 Å². The molecule has 1 N–H and O–H groups in total. The minimum absolute atomic E-state index is 0.264. The van der Waals surface area contributed by atoms with Gasteiger partial charge in [0, 0.05) is 28.2 Å². The molecule has 1 atom stereocenters. The van der Waals surface area contributed by atoms with Crippen LogP contribution in [-0.4, -0.2) is 11.9 Å². The maximum atomic E-state index is 6.00. The van der Waals surface area contributed by atoms with Gasteiger partial charge in [-0.05, 0) is 25.0 Å². The molecule has 0 aliphatic carbocycles. The highest BCUT2D eigenvalue weighted by Gasteiger charge is 2.01. The van der Waals surface area contributed by atoms with E-state index < -0.39 is 0 Å². The van der Waals surface area contributed by atoms with Crippen LogP contribution in [0, 0.1) is 0 Å². The fourth-order valence-electron chi connectivity index (χ4n) is 1.20. The van der Waals surface area contributed by atoms with Crippen molar-refractivity contribution in [2.75, 3.05) is 6.54 Å². The Bertz CT molecular complexity index is 260. The second-order valence-electron chi connectivity index (χ2n) is 3.36. The fourth-order valence-corrected chi connectivity index (χ4v) is 2.24. The first kappa shape index (κ1) is 12.0. The minimum Gasteiger partial charge on any atom is -0.310 e. The average molecular weight is 232 g/mol. The van der Waals surface area contributed by atoms with Crippen molar-refractivity contribution in [3.8, 4) is 0 Å². The van der Waals surface area contributed by atoms with Gasteiger partial charge in [0.1, 0.15) is 0 Å². The lowest BCUT2D eigenvalue weighted by Crippen LogP contribution is -2.21. The van der Waals surface area contributed by atoms with E-state index in [0.717, 1.165) is 25.9 Å². The van der Waals surface area contributed by atoms with Gasteiger partial charge < -0.3 is 5.32 Å². The van der Waals surface area contributed by atoms with Crippen LogP contribution in [0.1, 0.15) is 30.0 Å². The summed E-state index contributed by atoms with van der Waals surface area (Å²) in [5.41, 5.74) is 0. The minimum atomic E-state index is 0.264. The molecule has 0 saturated heterocycles. The van der Waals surface area contributed by atoms with Crippen molar-refractivity contribution < 1.29 is 0 Å². The third-order valence-electron chi connectivity index (χ3n) is 2.17. The number of aryl methyl sites for hydroxylation is 1. The van der Waals surface area contributed by atoms with Gasteiger partial charge in [0.25, 0.3) is 0 Å². The van der Waals surface area contributed by atoms with Crippen LogP contribution in [0.25, 0.3) is 0 Å². The van der Waals surface area contributed by atoms with Crippen LogP contribution in [0.5, 0.6) is 0 Å². The third-order valence-corrected chi connectivity index (χ3v) is 3.87. The summed E-state index contributed by atoms with van der Waals surface area (Å²) in [7, 11) is 0. The van der Waals surface area contributed by atoms with Crippen molar-refractivity contribution >= 4 is 22.9 Å². The lowest BCUT2D eigenvalue weighted by Gasteiger charge is -2.06. The molecule has 1 rings (SSSR count). The Kier molecular flexibility index (Phi) is 5.53. The van der Waals surface area contributed by atoms with Crippen LogP contribution in [0.15, 0.2) is 12.1 Å². The Morgan fingerprint density at radius 2 is 2.07 bits per heavy atom. The van der Waals surface area contributed by atoms with Gasteiger partial charge in [-0.2, -0.15) is 0 Å². The molecule has 0 saturated carbocycles. The van der Waals surface area contributed by atoms with E-state index in [0.29, 0.717) is 0 Å². The van der Waals surface area contributed by atoms with Crippen molar-refractivity contribution in [2.45, 2.75) is 38.6 Å². The number of thiophene rings is 1. The number of rotatable bonds is 6. The Morgan fingerprint density at radius 1 is 1.36 bits per heavy atom. The first-order chi connectivity index (χ1) is 6.76. The molecule has 80 valence electrons. The van der Waals surface area contributed by atoms with Gasteiger partial charge in [-0.1, -0.05) is 13.8 Å². The molecule has 3 heteroatoms. The highest BCUT2D eigenvalue weighted by molar-refractivity contribution is 7.11. The number of halogens is 1. The topological polar surface area (TPSA) is 12.0 Å². The predicted molar refractivity (Wildman–Crippen MR) is 65.3 cm³/mol. The van der Waals surface area contributed by atoms with Gasteiger partial charge in [0.15, 0.2) is 0 Å². The Morgan fingerprint density at radius 3 is 2.64 bits per heavy atom. The summed E-state index contributed by atoms with van der Waals surface area (Å²) in [6.07, 6.45) is 2.16. The van der Waals surface area contributed by atoms with Crippen LogP contribution < -0.4 is 5.32 Å². The van der Waals surface area contributed by atoms with E-state index in [1.165, 1.54) is 9.75 Å². The predicted octanol–water partition coefficient (Wildman–Crippen LogP) is 3.42. The van der Waals surface area contributed by atoms with Crippen LogP contribution in [0.2, 0.25) is 0 Å². The van der Waals surface area contributed by atoms with Crippen molar-refractivity contribution in [2.24, 2.45) is 0 Å². The molecular formula is C11H18ClNS. The average Bonchev–Trinajstić information content (AvgIpc) is 2.65. The van der Waals surface area contributed by atoms with Crippen LogP contribution in [0.4, 0.5) is 0 Å². The molecule has 0 amide bonds. The monoisotopic (exact) mass is 231 g/mol. The zero-order chi connectivity index (χ0) is 10.4. The Hall–Kier alpha value is -0.0500. The normalized spacial score (nSPS) is 13.1. The lowest BCUT2D eigenvalue weighted by molar-refractivity contribution is 0.652. The standard InChI is InChI=1S/C11H18ClNS/c1-3-9(12)7-13-8-11-6-5-10(4-2)14-11/h5-6,9,13H,3-4,7-8H2,1-2H3. The van der Waals surface area contributed by atoms with Crippen molar-refractivity contribution in [1.29, 1.82) is 0 Å². The van der Waals surface area contributed by atoms with Crippen molar-refractivity contribution in [3.63, 3.8) is 0 Å². The summed E-state index contributed by atoms with van der Waals surface area (Å²) >= 11 is 7.89. The Balaban J connectivity index is 2.24. The van der Waals surface area contributed by atoms with Crippen LogP contribution in [0.3, 0.4) is 0 Å². The van der Waals surface area contributed by atoms with E-state index >= 15 is 0 Å². The maximum Gasteiger partial charge on any atom is 0.0458 e. The quantitative estimate of drug-likeness (QED) is 0.740. The van der Waals surface area contributed by atoms with Gasteiger partial charge in [-0.25, -0.2) is 0 Å². The maximum absolute atomic E-state index is 6.00. The SMILES string of the molecule is CCc1ccc(CNCC(Cl)CC)s1. The van der Waals surface area contributed by atoms with Gasteiger partial charge in [-0.3, -0.25) is 0 Å². The molecule has 0 aromatic carbocycles. The molecule has 1 nitrogen and oxygen atoms in total. The van der Waals surface area contributed by atoms with E-state index in [2.05, 4.69) is 31.3 Å². The van der Waals surface area contributed by atoms with Crippen molar-refractivity contribution in [1.82, 2.24) is 5.32 Å². The second-order valence-corrected chi connectivity index (χ2v) is 5.23. The summed E-state index contributed by atoms with van der Waals surface area (Å²) in [5.74, 6) is 0. The highest BCUT2D eigenvalue weighted by atomic mass is 35.5. The molecule has 0 aliphatic rings. The lowest BCUT2D eigenvalue weighted by atomic mass is 10.3. The first-order valence-corrected chi connectivity index (χ1v) is 6.44. The molecule has 14 heavy (non-hydrogen) atoms.